The summed E-state index contributed by atoms with van der Waals surface area (Å²) in [6, 6.07) is -0.624. The average molecular weight is 761 g/mol. The largest absolute Gasteiger partial charge is 0.477 e. The van der Waals surface area contributed by atoms with Gasteiger partial charge in [0.25, 0.3) is 0 Å². The van der Waals surface area contributed by atoms with Crippen LogP contribution >= 0.6 is 0 Å². The van der Waals surface area contributed by atoms with Crippen molar-refractivity contribution in [1.82, 2.24) is 0 Å². The third-order valence-electron chi connectivity index (χ3n) is 9.45. The summed E-state index contributed by atoms with van der Waals surface area (Å²) in [4.78, 5) is 36.9. The molecule has 1 N–H and O–H groups in total. The molecule has 8 nitrogen and oxygen atoms in total. The van der Waals surface area contributed by atoms with Crippen molar-refractivity contribution in [2.24, 2.45) is 0 Å². The second-order valence-corrected chi connectivity index (χ2v) is 15.6. The zero-order valence-electron chi connectivity index (χ0n) is 35.4. The van der Waals surface area contributed by atoms with Gasteiger partial charge in [-0.1, -0.05) is 133 Å². The lowest BCUT2D eigenvalue weighted by Gasteiger charge is -2.31. The molecule has 0 aromatic rings. The van der Waals surface area contributed by atoms with Crippen LogP contribution in [-0.4, -0.2) is 80.6 Å². The lowest BCUT2D eigenvalue weighted by molar-refractivity contribution is -0.887. The number of carboxylic acid groups (broad SMARTS) is 1. The van der Waals surface area contributed by atoms with Crippen molar-refractivity contribution in [1.29, 1.82) is 0 Å². The van der Waals surface area contributed by atoms with E-state index >= 15 is 0 Å². The van der Waals surface area contributed by atoms with Crippen molar-refractivity contribution >= 4 is 17.9 Å². The summed E-state index contributed by atoms with van der Waals surface area (Å²) in [5.41, 5.74) is 0. The Morgan fingerprint density at radius 3 is 1.52 bits per heavy atom. The standard InChI is InChI=1S/C46H81NO7/c1-6-8-10-12-14-16-18-20-21-22-23-25-26-28-30-32-34-36-44(48)53-41-42(40-52-39-38-43(46(50)51)47(3,4)5)54-45(49)37-35-33-31-29-27-24-19-17-15-13-11-9-7-2/h20-21,23-25,27-28,30,42-43H,6-19,22,26,29,31-41H2,1-5H3/p+1/b21-20+,25-23+,27-24+,30-28+. The van der Waals surface area contributed by atoms with Crippen LogP contribution in [0.2, 0.25) is 0 Å². The number of allylic oxidation sites excluding steroid dienone is 8. The fraction of sp³-hybridized carbons (Fsp3) is 0.761. The van der Waals surface area contributed by atoms with Gasteiger partial charge in [-0.15, -0.1) is 0 Å². The highest BCUT2D eigenvalue weighted by atomic mass is 16.6. The first-order valence-corrected chi connectivity index (χ1v) is 21.7. The third kappa shape index (κ3) is 35.0. The molecule has 312 valence electrons. The molecule has 0 saturated carbocycles. The predicted octanol–water partition coefficient (Wildman–Crippen LogP) is 11.6. The van der Waals surface area contributed by atoms with E-state index < -0.39 is 18.1 Å². The SMILES string of the molecule is CCCCCCCC/C=C/C/C=C/C/C=C/CCCC(=O)OCC(COCCC(C(=O)O)[N+](C)(C)C)OC(=O)CCCCC/C=C/CCCCCCCC. The van der Waals surface area contributed by atoms with Gasteiger partial charge in [0.1, 0.15) is 6.61 Å². The molecule has 0 aliphatic rings. The maximum Gasteiger partial charge on any atom is 0.362 e. The number of quaternary nitrogens is 1. The maximum atomic E-state index is 12.7. The van der Waals surface area contributed by atoms with Crippen LogP contribution in [0.15, 0.2) is 48.6 Å². The number of carboxylic acids is 1. The molecule has 0 bridgehead atoms. The summed E-state index contributed by atoms with van der Waals surface area (Å²) in [5, 5.41) is 9.60. The zero-order valence-corrected chi connectivity index (χ0v) is 35.4. The van der Waals surface area contributed by atoms with E-state index in [9.17, 15) is 19.5 Å². The zero-order chi connectivity index (χ0) is 40.0. The first kappa shape index (κ1) is 51.3. The summed E-state index contributed by atoms with van der Waals surface area (Å²) in [6.07, 6.45) is 43.0. The van der Waals surface area contributed by atoms with Gasteiger partial charge in [0.15, 0.2) is 12.1 Å². The Labute approximate surface area is 331 Å². The van der Waals surface area contributed by atoms with Crippen molar-refractivity contribution in [2.45, 2.75) is 187 Å². The smallest absolute Gasteiger partial charge is 0.362 e. The van der Waals surface area contributed by atoms with Crippen LogP contribution in [0, 0.1) is 0 Å². The molecular formula is C46H82NO7+. The molecule has 0 aliphatic carbocycles. The number of likely N-dealkylation sites (N-methyl/N-ethyl adjacent to an activating group) is 1. The monoisotopic (exact) mass is 761 g/mol. The number of hydrogen-bond acceptors (Lipinski definition) is 6. The quantitative estimate of drug-likeness (QED) is 0.0289. The van der Waals surface area contributed by atoms with Crippen LogP contribution in [0.1, 0.15) is 174 Å². The van der Waals surface area contributed by atoms with Crippen molar-refractivity contribution in [3.8, 4) is 0 Å². The van der Waals surface area contributed by atoms with Crippen molar-refractivity contribution in [3.05, 3.63) is 48.6 Å². The Bertz CT molecular complexity index is 1030. The predicted molar refractivity (Wildman–Crippen MR) is 224 cm³/mol. The fourth-order valence-corrected chi connectivity index (χ4v) is 6.04. The molecule has 0 amide bonds. The Morgan fingerprint density at radius 1 is 0.556 bits per heavy atom. The minimum Gasteiger partial charge on any atom is -0.477 e. The summed E-state index contributed by atoms with van der Waals surface area (Å²) in [7, 11) is 5.50. The highest BCUT2D eigenvalue weighted by molar-refractivity contribution is 5.72. The van der Waals surface area contributed by atoms with Gasteiger partial charge in [-0.25, -0.2) is 4.79 Å². The fourth-order valence-electron chi connectivity index (χ4n) is 6.04. The number of carbonyl (C=O) groups excluding carboxylic acids is 2. The summed E-state index contributed by atoms with van der Waals surface area (Å²) < 4.78 is 17.2. The third-order valence-corrected chi connectivity index (χ3v) is 9.45. The van der Waals surface area contributed by atoms with E-state index in [1.54, 1.807) is 0 Å². The van der Waals surface area contributed by atoms with Crippen LogP contribution in [0.3, 0.4) is 0 Å². The molecule has 2 atom stereocenters. The van der Waals surface area contributed by atoms with Crippen LogP contribution in [0.5, 0.6) is 0 Å². The Hall–Kier alpha value is -2.71. The average Bonchev–Trinajstić information content (AvgIpc) is 3.12. The van der Waals surface area contributed by atoms with Crippen LogP contribution in [0.4, 0.5) is 0 Å². The van der Waals surface area contributed by atoms with Gasteiger partial charge in [0.2, 0.25) is 0 Å². The number of nitrogens with zero attached hydrogens (tertiary/aromatic N) is 1. The van der Waals surface area contributed by atoms with Crippen molar-refractivity contribution in [3.63, 3.8) is 0 Å². The van der Waals surface area contributed by atoms with E-state index in [4.69, 9.17) is 14.2 Å². The van der Waals surface area contributed by atoms with E-state index in [-0.39, 0.29) is 42.7 Å². The molecule has 54 heavy (non-hydrogen) atoms. The minimum atomic E-state index is -0.885. The maximum absolute atomic E-state index is 12.7. The second-order valence-electron chi connectivity index (χ2n) is 15.6. The number of rotatable bonds is 38. The van der Waals surface area contributed by atoms with Gasteiger partial charge >= 0.3 is 17.9 Å². The summed E-state index contributed by atoms with van der Waals surface area (Å²) >= 11 is 0. The number of unbranched alkanes of at least 4 members (excludes halogenated alkanes) is 16. The lowest BCUT2D eigenvalue weighted by atomic mass is 10.1. The molecule has 0 heterocycles. The molecule has 2 unspecified atom stereocenters. The van der Waals surface area contributed by atoms with Crippen molar-refractivity contribution in [2.75, 3.05) is 41.0 Å². The number of hydrogen-bond donors (Lipinski definition) is 1. The van der Waals surface area contributed by atoms with Crippen LogP contribution in [0.25, 0.3) is 0 Å². The molecular weight excluding hydrogens is 679 g/mol. The van der Waals surface area contributed by atoms with E-state index in [1.807, 2.05) is 21.1 Å². The van der Waals surface area contributed by atoms with Gasteiger partial charge in [-0.05, 0) is 70.6 Å². The first-order valence-electron chi connectivity index (χ1n) is 21.7. The first-order chi connectivity index (χ1) is 26.1. The van der Waals surface area contributed by atoms with Gasteiger partial charge in [-0.2, -0.15) is 0 Å². The number of aliphatic carboxylic acids is 1. The Morgan fingerprint density at radius 2 is 1.00 bits per heavy atom. The van der Waals surface area contributed by atoms with E-state index in [0.717, 1.165) is 51.4 Å². The normalized spacial score (nSPS) is 13.4. The number of carbonyl (C=O) groups is 3. The van der Waals surface area contributed by atoms with E-state index in [2.05, 4.69) is 62.5 Å². The molecule has 0 aromatic heterocycles. The highest BCUT2D eigenvalue weighted by Gasteiger charge is 2.31. The molecule has 0 rings (SSSR count). The van der Waals surface area contributed by atoms with Crippen molar-refractivity contribution < 1.29 is 38.2 Å². The van der Waals surface area contributed by atoms with Crippen LogP contribution in [-0.2, 0) is 28.6 Å². The van der Waals surface area contributed by atoms with Crippen LogP contribution < -0.4 is 0 Å². The number of esters is 2. The molecule has 0 saturated heterocycles. The minimum absolute atomic E-state index is 0.0388. The second kappa shape index (κ2) is 37.2. The Kier molecular flexibility index (Phi) is 35.4. The van der Waals surface area contributed by atoms with Gasteiger partial charge < -0.3 is 23.8 Å². The molecule has 8 heteroatoms. The highest BCUT2D eigenvalue weighted by Crippen LogP contribution is 2.12. The molecule has 0 aliphatic heterocycles. The van der Waals surface area contributed by atoms with Gasteiger partial charge in [0.05, 0.1) is 34.4 Å². The lowest BCUT2D eigenvalue weighted by Crippen LogP contribution is -2.50. The molecule has 0 spiro atoms. The molecule has 0 fully saturated rings. The summed E-state index contributed by atoms with van der Waals surface area (Å²) in [6.45, 7) is 4.64. The molecule has 0 radical (unpaired) electrons. The molecule has 0 aromatic carbocycles. The van der Waals surface area contributed by atoms with Gasteiger partial charge in [-0.3, -0.25) is 9.59 Å². The van der Waals surface area contributed by atoms with E-state index in [1.165, 1.54) is 83.5 Å². The Balaban J connectivity index is 4.46. The summed E-state index contributed by atoms with van der Waals surface area (Å²) in [5.74, 6) is -1.56. The topological polar surface area (TPSA) is 99.1 Å². The number of ether oxygens (including phenoxy) is 3. The van der Waals surface area contributed by atoms with Gasteiger partial charge in [0, 0.05) is 19.3 Å². The van der Waals surface area contributed by atoms with E-state index in [0.29, 0.717) is 19.3 Å².